The van der Waals surface area contributed by atoms with Gasteiger partial charge in [0.1, 0.15) is 12.1 Å². The maximum atomic E-state index is 12.8. The quantitative estimate of drug-likeness (QED) is 0.789. The second-order valence-corrected chi connectivity index (χ2v) is 3.96. The smallest absolute Gasteiger partial charge is 0.190 e. The Morgan fingerprint density at radius 2 is 2.27 bits per heavy atom. The van der Waals surface area contributed by atoms with Crippen LogP contribution in [0, 0.1) is 5.82 Å². The summed E-state index contributed by atoms with van der Waals surface area (Å²) in [6, 6.07) is 4.29. The molecule has 78 valence electrons. The van der Waals surface area contributed by atoms with Crippen molar-refractivity contribution in [1.82, 2.24) is 14.8 Å². The summed E-state index contributed by atoms with van der Waals surface area (Å²) < 4.78 is 14.4. The lowest BCUT2D eigenvalue weighted by atomic mass is 10.3. The van der Waals surface area contributed by atoms with Gasteiger partial charge in [-0.05, 0) is 30.0 Å². The summed E-state index contributed by atoms with van der Waals surface area (Å²) in [6.45, 7) is 0. The van der Waals surface area contributed by atoms with Crippen LogP contribution in [0.3, 0.4) is 0 Å². The molecule has 0 fully saturated rings. The van der Waals surface area contributed by atoms with Gasteiger partial charge in [0.05, 0.1) is 0 Å². The number of aromatic nitrogens is 3. The van der Waals surface area contributed by atoms with Crippen LogP contribution in [0.25, 0.3) is 0 Å². The number of aryl methyl sites for hydroxylation is 1. The highest BCUT2D eigenvalue weighted by atomic mass is 32.2. The van der Waals surface area contributed by atoms with Crippen molar-refractivity contribution in [3.8, 4) is 0 Å². The first-order valence-electron chi connectivity index (χ1n) is 4.23. The lowest BCUT2D eigenvalue weighted by molar-refractivity contribution is 0.627. The van der Waals surface area contributed by atoms with E-state index in [2.05, 4.69) is 10.1 Å². The first-order chi connectivity index (χ1) is 7.16. The number of anilines is 1. The zero-order chi connectivity index (χ0) is 10.8. The Kier molecular flexibility index (Phi) is 2.59. The molecule has 0 aliphatic heterocycles. The molecule has 2 N–H and O–H groups in total. The third-order valence-corrected chi connectivity index (χ3v) is 2.99. The molecule has 0 bridgehead atoms. The Balaban J connectivity index is 2.29. The summed E-state index contributed by atoms with van der Waals surface area (Å²) in [4.78, 5) is 4.81. The minimum Gasteiger partial charge on any atom is -0.398 e. The SMILES string of the molecule is Cn1ncnc1Sc1ccc(F)cc1N. The van der Waals surface area contributed by atoms with Crippen molar-refractivity contribution in [3.63, 3.8) is 0 Å². The molecule has 15 heavy (non-hydrogen) atoms. The predicted molar refractivity (Wildman–Crippen MR) is 55.9 cm³/mol. The highest BCUT2D eigenvalue weighted by molar-refractivity contribution is 7.99. The molecule has 0 aliphatic carbocycles. The van der Waals surface area contributed by atoms with E-state index in [-0.39, 0.29) is 5.82 Å². The Bertz CT molecular complexity index is 483. The van der Waals surface area contributed by atoms with Gasteiger partial charge in [-0.15, -0.1) is 0 Å². The van der Waals surface area contributed by atoms with Gasteiger partial charge in [0.2, 0.25) is 0 Å². The summed E-state index contributed by atoms with van der Waals surface area (Å²) in [6.07, 6.45) is 1.46. The van der Waals surface area contributed by atoms with E-state index in [9.17, 15) is 4.39 Å². The van der Waals surface area contributed by atoms with E-state index >= 15 is 0 Å². The minimum absolute atomic E-state index is 0.338. The van der Waals surface area contributed by atoms with Crippen molar-refractivity contribution < 1.29 is 4.39 Å². The third kappa shape index (κ3) is 2.10. The van der Waals surface area contributed by atoms with E-state index in [0.29, 0.717) is 10.8 Å². The second kappa shape index (κ2) is 3.90. The van der Waals surface area contributed by atoms with E-state index in [1.54, 1.807) is 17.8 Å². The Morgan fingerprint density at radius 3 is 2.87 bits per heavy atom. The van der Waals surface area contributed by atoms with Gasteiger partial charge in [-0.25, -0.2) is 14.1 Å². The zero-order valence-corrected chi connectivity index (χ0v) is 8.83. The van der Waals surface area contributed by atoms with E-state index < -0.39 is 0 Å². The summed E-state index contributed by atoms with van der Waals surface area (Å²) in [7, 11) is 1.79. The third-order valence-electron chi connectivity index (χ3n) is 1.84. The topological polar surface area (TPSA) is 56.7 Å². The van der Waals surface area contributed by atoms with Gasteiger partial charge in [-0.2, -0.15) is 5.10 Å². The highest BCUT2D eigenvalue weighted by Gasteiger charge is 2.06. The van der Waals surface area contributed by atoms with Gasteiger partial charge in [0.15, 0.2) is 5.16 Å². The van der Waals surface area contributed by atoms with Crippen molar-refractivity contribution in [2.24, 2.45) is 7.05 Å². The molecule has 0 radical (unpaired) electrons. The van der Waals surface area contributed by atoms with Crippen LogP contribution >= 0.6 is 11.8 Å². The van der Waals surface area contributed by atoms with Crippen LogP contribution in [0.5, 0.6) is 0 Å². The molecule has 0 unspecified atom stereocenters. The summed E-state index contributed by atoms with van der Waals surface area (Å²) in [5, 5.41) is 4.65. The van der Waals surface area contributed by atoms with Crippen molar-refractivity contribution in [1.29, 1.82) is 0 Å². The van der Waals surface area contributed by atoms with Crippen molar-refractivity contribution in [3.05, 3.63) is 30.3 Å². The van der Waals surface area contributed by atoms with Gasteiger partial charge in [-0.1, -0.05) is 0 Å². The fourth-order valence-corrected chi connectivity index (χ4v) is 1.88. The van der Waals surface area contributed by atoms with E-state index in [4.69, 9.17) is 5.73 Å². The normalized spacial score (nSPS) is 10.5. The summed E-state index contributed by atoms with van der Waals surface area (Å²) >= 11 is 1.35. The van der Waals surface area contributed by atoms with Gasteiger partial charge in [-0.3, -0.25) is 0 Å². The van der Waals surface area contributed by atoms with Crippen molar-refractivity contribution in [2.75, 3.05) is 5.73 Å². The second-order valence-electron chi connectivity index (χ2n) is 2.95. The van der Waals surface area contributed by atoms with Gasteiger partial charge in [0.25, 0.3) is 0 Å². The number of hydrogen-bond donors (Lipinski definition) is 1. The molecule has 2 aromatic rings. The molecule has 4 nitrogen and oxygen atoms in total. The molecule has 6 heteroatoms. The standard InChI is InChI=1S/C9H9FN4S/c1-14-9(12-5-13-14)15-8-3-2-6(10)4-7(8)11/h2-5H,11H2,1H3. The fourth-order valence-electron chi connectivity index (χ4n) is 1.09. The fraction of sp³-hybridized carbons (Fsp3) is 0.111. The monoisotopic (exact) mass is 224 g/mol. The van der Waals surface area contributed by atoms with Gasteiger partial charge in [0, 0.05) is 17.6 Å². The van der Waals surface area contributed by atoms with Crippen LogP contribution in [0.1, 0.15) is 0 Å². The molecule has 1 aromatic heterocycles. The average molecular weight is 224 g/mol. The van der Waals surface area contributed by atoms with Gasteiger partial charge >= 0.3 is 0 Å². The summed E-state index contributed by atoms with van der Waals surface area (Å²) in [5.41, 5.74) is 6.08. The van der Waals surface area contributed by atoms with Crippen LogP contribution in [0.15, 0.2) is 34.6 Å². The molecule has 0 spiro atoms. The maximum Gasteiger partial charge on any atom is 0.190 e. The van der Waals surface area contributed by atoms with Crippen LogP contribution in [0.2, 0.25) is 0 Å². The number of halogens is 1. The van der Waals surface area contributed by atoms with Crippen LogP contribution in [0.4, 0.5) is 10.1 Å². The van der Waals surface area contributed by atoms with Crippen LogP contribution in [-0.4, -0.2) is 14.8 Å². The average Bonchev–Trinajstić information content (AvgIpc) is 2.57. The minimum atomic E-state index is -0.338. The summed E-state index contributed by atoms with van der Waals surface area (Å²) in [5.74, 6) is -0.338. The number of rotatable bonds is 2. The van der Waals surface area contributed by atoms with Crippen molar-refractivity contribution >= 4 is 17.4 Å². The predicted octanol–water partition coefficient (Wildman–Crippen LogP) is 1.69. The van der Waals surface area contributed by atoms with E-state index in [1.807, 2.05) is 0 Å². The van der Waals surface area contributed by atoms with E-state index in [0.717, 1.165) is 4.90 Å². The molecule has 0 saturated carbocycles. The van der Waals surface area contributed by atoms with Crippen molar-refractivity contribution in [2.45, 2.75) is 10.1 Å². The maximum absolute atomic E-state index is 12.8. The first kappa shape index (κ1) is 9.97. The lowest BCUT2D eigenvalue weighted by Gasteiger charge is -2.03. The van der Waals surface area contributed by atoms with E-state index in [1.165, 1.54) is 30.2 Å². The van der Waals surface area contributed by atoms with Crippen LogP contribution in [-0.2, 0) is 7.05 Å². The highest BCUT2D eigenvalue weighted by Crippen LogP contribution is 2.30. The molecule has 0 saturated heterocycles. The largest absolute Gasteiger partial charge is 0.398 e. The molecular formula is C9H9FN4S. The number of benzene rings is 1. The Morgan fingerprint density at radius 1 is 1.47 bits per heavy atom. The number of nitrogens with zero attached hydrogens (tertiary/aromatic N) is 3. The Labute approximate surface area is 90.3 Å². The lowest BCUT2D eigenvalue weighted by Crippen LogP contribution is -1.94. The Hall–Kier alpha value is -1.56. The molecular weight excluding hydrogens is 215 g/mol. The molecule has 0 aliphatic rings. The molecule has 0 amide bonds. The zero-order valence-electron chi connectivity index (χ0n) is 8.01. The van der Waals surface area contributed by atoms with Crippen LogP contribution < -0.4 is 5.73 Å². The molecule has 0 atom stereocenters. The number of nitrogen functional groups attached to an aromatic ring is 1. The molecule has 2 rings (SSSR count). The molecule has 1 aromatic carbocycles. The number of nitrogens with two attached hydrogens (primary N) is 1. The van der Waals surface area contributed by atoms with Gasteiger partial charge < -0.3 is 5.73 Å². The first-order valence-corrected chi connectivity index (χ1v) is 5.05. The number of hydrogen-bond acceptors (Lipinski definition) is 4. The molecule has 1 heterocycles.